The molecule has 0 unspecified atom stereocenters. The molecule has 12 heteroatoms. The van der Waals surface area contributed by atoms with Crippen LogP contribution in [0.5, 0.6) is 17.2 Å². The summed E-state index contributed by atoms with van der Waals surface area (Å²) in [6, 6.07) is 12.2. The molecule has 168 valence electrons. The van der Waals surface area contributed by atoms with Crippen LogP contribution in [-0.4, -0.2) is 56.8 Å². The van der Waals surface area contributed by atoms with Gasteiger partial charge in [0.05, 0.1) is 12.9 Å². The molecule has 0 atom stereocenters. The van der Waals surface area contributed by atoms with Crippen molar-refractivity contribution in [3.05, 3.63) is 52.8 Å². The Morgan fingerprint density at radius 1 is 1.15 bits per heavy atom. The highest BCUT2D eigenvalue weighted by atomic mass is 32.2. The number of nitrogens with one attached hydrogen (secondary N) is 2. The number of anilines is 1. The number of benzene rings is 2. The Morgan fingerprint density at radius 3 is 2.73 bits per heavy atom. The number of H-pyrrole nitrogens is 1. The summed E-state index contributed by atoms with van der Waals surface area (Å²) in [6.45, 7) is 0.967. The highest BCUT2D eigenvalue weighted by molar-refractivity contribution is 7.99. The molecule has 0 saturated carbocycles. The van der Waals surface area contributed by atoms with Crippen molar-refractivity contribution in [3.8, 4) is 28.5 Å². The van der Waals surface area contributed by atoms with Gasteiger partial charge in [-0.25, -0.2) is 0 Å². The van der Waals surface area contributed by atoms with Crippen LogP contribution in [0.25, 0.3) is 17.0 Å². The number of thioether (sulfide) groups is 1. The zero-order valence-electron chi connectivity index (χ0n) is 17.4. The summed E-state index contributed by atoms with van der Waals surface area (Å²) in [4.78, 5) is 27.6. The van der Waals surface area contributed by atoms with Crippen LogP contribution in [0.15, 0.2) is 52.4 Å². The van der Waals surface area contributed by atoms with Gasteiger partial charge < -0.3 is 19.5 Å². The van der Waals surface area contributed by atoms with E-state index in [-0.39, 0.29) is 23.1 Å². The maximum atomic E-state index is 12.5. The van der Waals surface area contributed by atoms with Gasteiger partial charge >= 0.3 is 0 Å². The van der Waals surface area contributed by atoms with Crippen LogP contribution in [0, 0.1) is 0 Å². The summed E-state index contributed by atoms with van der Waals surface area (Å²) in [5.41, 5.74) is 1.01. The van der Waals surface area contributed by atoms with Gasteiger partial charge in [-0.3, -0.25) is 14.6 Å². The number of aromatic amines is 1. The van der Waals surface area contributed by atoms with Crippen molar-refractivity contribution in [2.24, 2.45) is 0 Å². The van der Waals surface area contributed by atoms with Crippen LogP contribution >= 0.6 is 11.8 Å². The summed E-state index contributed by atoms with van der Waals surface area (Å²) >= 11 is 1.15. The third-order valence-electron chi connectivity index (χ3n) is 4.77. The standard InChI is InChI=1S/C21H18N6O5S/c1-30-14-5-2-12(3-6-14)18-19(29)23-20-24-25-21(27(20)26-18)33-11-17(28)22-13-4-7-15-16(10-13)32-9-8-31-15/h2-7,10H,8-9,11H2,1H3,(H,22,28)(H,23,24,29). The monoisotopic (exact) mass is 466 g/mol. The second-order valence-electron chi connectivity index (χ2n) is 6.94. The third kappa shape index (κ3) is 4.32. The first-order valence-electron chi connectivity index (χ1n) is 9.93. The molecule has 1 aliphatic heterocycles. The zero-order valence-corrected chi connectivity index (χ0v) is 18.2. The fraction of sp³-hybridized carbons (Fsp3) is 0.190. The first-order chi connectivity index (χ1) is 16.1. The lowest BCUT2D eigenvalue weighted by Crippen LogP contribution is -2.17. The number of carbonyl (C=O) groups is 1. The number of fused-ring (bicyclic) bond motifs is 2. The number of amides is 1. The average molecular weight is 466 g/mol. The Morgan fingerprint density at radius 2 is 1.94 bits per heavy atom. The van der Waals surface area contributed by atoms with Crippen molar-refractivity contribution < 1.29 is 19.0 Å². The topological polar surface area (TPSA) is 133 Å². The number of rotatable bonds is 6. The Bertz CT molecular complexity index is 1380. The molecule has 0 spiro atoms. The number of ether oxygens (including phenoxy) is 3. The van der Waals surface area contributed by atoms with Gasteiger partial charge in [0.1, 0.15) is 19.0 Å². The summed E-state index contributed by atoms with van der Waals surface area (Å²) in [7, 11) is 1.57. The highest BCUT2D eigenvalue weighted by Crippen LogP contribution is 2.32. The van der Waals surface area contributed by atoms with Crippen LogP contribution in [0.3, 0.4) is 0 Å². The number of aromatic nitrogens is 5. The SMILES string of the molecule is COc1ccc(-c2nn3c(SCC(=O)Nc4ccc5c(c4)OCCO5)nnc3[nH]c2=O)cc1. The fourth-order valence-corrected chi connectivity index (χ4v) is 3.90. The van der Waals surface area contributed by atoms with E-state index < -0.39 is 5.56 Å². The van der Waals surface area contributed by atoms with Gasteiger partial charge in [-0.05, 0) is 36.4 Å². The van der Waals surface area contributed by atoms with E-state index in [1.165, 1.54) is 4.52 Å². The predicted molar refractivity (Wildman–Crippen MR) is 120 cm³/mol. The number of methoxy groups -OCH3 is 1. The highest BCUT2D eigenvalue weighted by Gasteiger charge is 2.16. The number of nitrogens with zero attached hydrogens (tertiary/aromatic N) is 4. The molecule has 2 aromatic carbocycles. The van der Waals surface area contributed by atoms with Crippen LogP contribution in [0.4, 0.5) is 5.69 Å². The van der Waals surface area contributed by atoms with E-state index in [2.05, 4.69) is 25.6 Å². The summed E-state index contributed by atoms with van der Waals surface area (Å²) in [5.74, 6) is 1.92. The van der Waals surface area contributed by atoms with Gasteiger partial charge in [0.2, 0.25) is 11.1 Å². The Hall–Kier alpha value is -4.06. The first kappa shape index (κ1) is 20.8. The van der Waals surface area contributed by atoms with Gasteiger partial charge in [-0.15, -0.1) is 10.2 Å². The summed E-state index contributed by atoms with van der Waals surface area (Å²) in [6.07, 6.45) is 0. The minimum Gasteiger partial charge on any atom is -0.497 e. The lowest BCUT2D eigenvalue weighted by Gasteiger charge is -2.18. The minimum absolute atomic E-state index is 0.0634. The van der Waals surface area contributed by atoms with Crippen molar-refractivity contribution >= 4 is 29.1 Å². The largest absolute Gasteiger partial charge is 0.497 e. The third-order valence-corrected chi connectivity index (χ3v) is 5.69. The van der Waals surface area contributed by atoms with Crippen LogP contribution < -0.4 is 25.1 Å². The number of carbonyl (C=O) groups excluding carboxylic acids is 1. The normalized spacial score (nSPS) is 12.5. The summed E-state index contributed by atoms with van der Waals surface area (Å²) < 4.78 is 17.6. The minimum atomic E-state index is -0.395. The van der Waals surface area contributed by atoms with Crippen LogP contribution in [0.1, 0.15) is 0 Å². The van der Waals surface area contributed by atoms with Crippen molar-refractivity contribution in [2.45, 2.75) is 5.16 Å². The lowest BCUT2D eigenvalue weighted by atomic mass is 10.1. The predicted octanol–water partition coefficient (Wildman–Crippen LogP) is 1.99. The number of hydrogen-bond acceptors (Lipinski definition) is 9. The van der Waals surface area contributed by atoms with Crippen LogP contribution in [0.2, 0.25) is 0 Å². The van der Waals surface area contributed by atoms with Crippen molar-refractivity contribution in [1.29, 1.82) is 0 Å². The Labute approximate surface area is 191 Å². The second-order valence-corrected chi connectivity index (χ2v) is 7.89. The quantitative estimate of drug-likeness (QED) is 0.409. The Balaban J connectivity index is 1.31. The molecule has 2 N–H and O–H groups in total. The molecule has 5 rings (SSSR count). The van der Waals surface area contributed by atoms with Gasteiger partial charge in [0.15, 0.2) is 17.2 Å². The van der Waals surface area contributed by atoms with Crippen molar-refractivity contribution in [1.82, 2.24) is 24.8 Å². The lowest BCUT2D eigenvalue weighted by molar-refractivity contribution is -0.113. The maximum absolute atomic E-state index is 12.5. The summed E-state index contributed by atoms with van der Waals surface area (Å²) in [5, 5.41) is 15.6. The second kappa shape index (κ2) is 8.82. The van der Waals surface area contributed by atoms with E-state index in [4.69, 9.17) is 14.2 Å². The van der Waals surface area contributed by atoms with E-state index in [1.54, 1.807) is 49.6 Å². The molecular weight excluding hydrogens is 448 g/mol. The molecular formula is C21H18N6O5S. The van der Waals surface area contributed by atoms with Gasteiger partial charge in [0, 0.05) is 17.3 Å². The van der Waals surface area contributed by atoms with E-state index in [1.807, 2.05) is 0 Å². The fourth-order valence-electron chi connectivity index (χ4n) is 3.22. The molecule has 0 fully saturated rings. The smallest absolute Gasteiger partial charge is 0.279 e. The van der Waals surface area contributed by atoms with Gasteiger partial charge in [-0.1, -0.05) is 11.8 Å². The molecule has 0 saturated heterocycles. The molecule has 0 bridgehead atoms. The molecule has 33 heavy (non-hydrogen) atoms. The molecule has 0 aliphatic carbocycles. The van der Waals surface area contributed by atoms with E-state index >= 15 is 0 Å². The molecule has 1 aliphatic rings. The van der Waals surface area contributed by atoms with E-state index in [0.29, 0.717) is 46.9 Å². The average Bonchev–Trinajstić information content (AvgIpc) is 3.23. The van der Waals surface area contributed by atoms with Gasteiger partial charge in [-0.2, -0.15) is 9.61 Å². The molecule has 4 aromatic rings. The molecule has 3 heterocycles. The molecule has 1 amide bonds. The molecule has 0 radical (unpaired) electrons. The molecule has 11 nitrogen and oxygen atoms in total. The van der Waals surface area contributed by atoms with E-state index in [0.717, 1.165) is 11.8 Å². The molecule has 2 aromatic heterocycles. The Kier molecular flexibility index (Phi) is 5.57. The maximum Gasteiger partial charge on any atom is 0.279 e. The van der Waals surface area contributed by atoms with Crippen LogP contribution in [-0.2, 0) is 4.79 Å². The van der Waals surface area contributed by atoms with Crippen molar-refractivity contribution in [3.63, 3.8) is 0 Å². The number of hydrogen-bond donors (Lipinski definition) is 2. The zero-order chi connectivity index (χ0) is 22.8. The first-order valence-corrected chi connectivity index (χ1v) is 10.9. The van der Waals surface area contributed by atoms with Gasteiger partial charge in [0.25, 0.3) is 11.3 Å². The van der Waals surface area contributed by atoms with Crippen molar-refractivity contribution in [2.75, 3.05) is 31.4 Å². The van der Waals surface area contributed by atoms with E-state index in [9.17, 15) is 9.59 Å².